The summed E-state index contributed by atoms with van der Waals surface area (Å²) in [6, 6.07) is 1.14. The minimum absolute atomic E-state index is 0.0218. The first kappa shape index (κ1) is 19.2. The van der Waals surface area contributed by atoms with Crippen LogP contribution in [0.25, 0.3) is 0 Å². The number of carbonyl (C=O) groups excluding carboxylic acids is 1. The first-order valence-electron chi connectivity index (χ1n) is 7.89. The number of amides is 1. The van der Waals surface area contributed by atoms with Gasteiger partial charge in [-0.1, -0.05) is 0 Å². The minimum atomic E-state index is -4.63. The van der Waals surface area contributed by atoms with Crippen molar-refractivity contribution in [2.75, 3.05) is 6.54 Å². The van der Waals surface area contributed by atoms with E-state index in [9.17, 15) is 31.1 Å². The maximum Gasteiger partial charge on any atom is 0.451 e. The lowest BCUT2D eigenvalue weighted by Gasteiger charge is -2.28. The van der Waals surface area contributed by atoms with Crippen LogP contribution in [0.5, 0.6) is 0 Å². The Labute approximate surface area is 149 Å². The van der Waals surface area contributed by atoms with Crippen molar-refractivity contribution in [2.45, 2.75) is 32.1 Å². The third-order valence-corrected chi connectivity index (χ3v) is 4.13. The van der Waals surface area contributed by atoms with Gasteiger partial charge in [-0.05, 0) is 24.5 Å². The van der Waals surface area contributed by atoms with Gasteiger partial charge in [0.25, 0.3) is 0 Å². The lowest BCUT2D eigenvalue weighted by atomic mass is 10.1. The number of fused-ring (bicyclic) bond motifs is 1. The molecule has 2 aromatic rings. The van der Waals surface area contributed by atoms with Crippen LogP contribution in [-0.2, 0) is 30.5 Å². The van der Waals surface area contributed by atoms with Crippen LogP contribution < -0.4 is 0 Å². The Hall–Kier alpha value is -2.59. The molecule has 5 nitrogen and oxygen atoms in total. The molecule has 0 fully saturated rings. The van der Waals surface area contributed by atoms with Crippen LogP contribution in [-0.4, -0.2) is 32.1 Å². The molecule has 0 spiro atoms. The topological polar surface area (TPSA) is 51.0 Å². The van der Waals surface area contributed by atoms with Crippen molar-refractivity contribution in [3.05, 3.63) is 53.2 Å². The van der Waals surface area contributed by atoms with Crippen LogP contribution in [0.2, 0.25) is 0 Å². The molecule has 1 aliphatic heterocycles. The van der Waals surface area contributed by atoms with Gasteiger partial charge < -0.3 is 9.47 Å². The Morgan fingerprint density at radius 2 is 1.78 bits per heavy atom. The van der Waals surface area contributed by atoms with E-state index in [1.54, 1.807) is 0 Å². The van der Waals surface area contributed by atoms with E-state index in [4.69, 9.17) is 0 Å². The molecule has 1 aromatic carbocycles. The monoisotopic (exact) mass is 391 g/mol. The molecular weight excluding hydrogens is 378 g/mol. The zero-order valence-corrected chi connectivity index (χ0v) is 13.7. The van der Waals surface area contributed by atoms with Crippen LogP contribution in [0.4, 0.5) is 26.3 Å². The third kappa shape index (κ3) is 4.06. The highest BCUT2D eigenvalue weighted by Gasteiger charge is 2.39. The van der Waals surface area contributed by atoms with Crippen molar-refractivity contribution in [1.82, 2.24) is 19.7 Å². The van der Waals surface area contributed by atoms with E-state index in [2.05, 4.69) is 10.2 Å². The number of aromatic nitrogens is 3. The van der Waals surface area contributed by atoms with E-state index in [1.165, 1.54) is 11.3 Å². The van der Waals surface area contributed by atoms with Gasteiger partial charge in [0.15, 0.2) is 17.5 Å². The molecule has 0 saturated heterocycles. The number of halogens is 6. The Balaban J connectivity index is 1.57. The molecule has 0 N–H and O–H groups in total. The molecule has 0 aliphatic carbocycles. The number of benzene rings is 1. The molecule has 1 aliphatic rings. The second-order valence-corrected chi connectivity index (χ2v) is 5.96. The van der Waals surface area contributed by atoms with Crippen LogP contribution in [0, 0.1) is 23.9 Å². The number of nitrogens with zero attached hydrogens (tertiary/aromatic N) is 4. The highest BCUT2D eigenvalue weighted by atomic mass is 19.4. The molecular formula is C16H13F6N4O. The van der Waals surface area contributed by atoms with Crippen LogP contribution >= 0.6 is 0 Å². The van der Waals surface area contributed by atoms with Gasteiger partial charge in [-0.2, -0.15) is 13.2 Å². The van der Waals surface area contributed by atoms with Gasteiger partial charge in [-0.25, -0.2) is 13.2 Å². The Morgan fingerprint density at radius 1 is 1.07 bits per heavy atom. The number of hydrogen-bond acceptors (Lipinski definition) is 3. The lowest BCUT2D eigenvalue weighted by molar-refractivity contribution is -0.148. The summed E-state index contributed by atoms with van der Waals surface area (Å²) < 4.78 is 78.8. The summed E-state index contributed by atoms with van der Waals surface area (Å²) in [5, 5.41) is 6.60. The fraction of sp³-hybridized carbons (Fsp3) is 0.375. The van der Waals surface area contributed by atoms with Gasteiger partial charge in [0, 0.05) is 25.6 Å². The molecule has 0 bridgehead atoms. The SMILES string of the molecule is O=C(C[CH]Cc1cc(F)c(F)cc1F)N1CCn2c(nnc2C(F)(F)F)C1. The molecule has 1 aromatic heterocycles. The summed E-state index contributed by atoms with van der Waals surface area (Å²) in [4.78, 5) is 13.5. The van der Waals surface area contributed by atoms with Crippen LogP contribution in [0.3, 0.4) is 0 Å². The Morgan fingerprint density at radius 3 is 2.48 bits per heavy atom. The van der Waals surface area contributed by atoms with E-state index >= 15 is 0 Å². The van der Waals surface area contributed by atoms with Gasteiger partial charge in [0.1, 0.15) is 5.82 Å². The Bertz CT molecular complexity index is 863. The van der Waals surface area contributed by atoms with E-state index in [0.29, 0.717) is 12.1 Å². The number of hydrogen-bond donors (Lipinski definition) is 0. The quantitative estimate of drug-likeness (QED) is 0.595. The van der Waals surface area contributed by atoms with Crippen molar-refractivity contribution in [1.29, 1.82) is 0 Å². The van der Waals surface area contributed by atoms with Crippen molar-refractivity contribution >= 4 is 5.91 Å². The lowest BCUT2D eigenvalue weighted by Crippen LogP contribution is -2.39. The predicted molar refractivity (Wildman–Crippen MR) is 79.4 cm³/mol. The molecule has 1 amide bonds. The van der Waals surface area contributed by atoms with Crippen molar-refractivity contribution < 1.29 is 31.1 Å². The van der Waals surface area contributed by atoms with Gasteiger partial charge in [0.2, 0.25) is 11.7 Å². The molecule has 0 unspecified atom stereocenters. The molecule has 0 atom stereocenters. The molecule has 145 valence electrons. The molecule has 1 radical (unpaired) electrons. The van der Waals surface area contributed by atoms with E-state index in [0.717, 1.165) is 4.57 Å². The van der Waals surface area contributed by atoms with Gasteiger partial charge in [-0.3, -0.25) is 4.79 Å². The fourth-order valence-corrected chi connectivity index (χ4v) is 2.78. The maximum atomic E-state index is 13.5. The zero-order valence-electron chi connectivity index (χ0n) is 13.7. The van der Waals surface area contributed by atoms with Crippen molar-refractivity contribution in [2.24, 2.45) is 0 Å². The summed E-state index contributed by atoms with van der Waals surface area (Å²) in [7, 11) is 0. The molecule has 11 heteroatoms. The molecule has 3 rings (SSSR count). The van der Waals surface area contributed by atoms with E-state index < -0.39 is 35.4 Å². The van der Waals surface area contributed by atoms with Crippen LogP contribution in [0.15, 0.2) is 12.1 Å². The standard InChI is InChI=1S/C16H13F6N4O/c17-10-7-12(19)11(18)6-9(10)2-1-3-14(27)25-4-5-26-13(8-25)23-24-15(26)16(20,21)22/h1,6-7H,2-5,8H2. The van der Waals surface area contributed by atoms with Gasteiger partial charge in [0.05, 0.1) is 6.54 Å². The molecule has 0 saturated carbocycles. The average Bonchev–Trinajstić information content (AvgIpc) is 3.02. The Kier molecular flexibility index (Phi) is 5.11. The summed E-state index contributed by atoms with van der Waals surface area (Å²) >= 11 is 0. The third-order valence-electron chi connectivity index (χ3n) is 4.13. The summed E-state index contributed by atoms with van der Waals surface area (Å²) in [5.74, 6) is -4.91. The molecule has 27 heavy (non-hydrogen) atoms. The minimum Gasteiger partial charge on any atom is -0.333 e. The molecule has 2 heterocycles. The largest absolute Gasteiger partial charge is 0.451 e. The number of alkyl halides is 3. The second kappa shape index (κ2) is 7.20. The summed E-state index contributed by atoms with van der Waals surface area (Å²) in [6.07, 6.45) is -3.48. The smallest absolute Gasteiger partial charge is 0.333 e. The van der Waals surface area contributed by atoms with Crippen LogP contribution in [0.1, 0.15) is 23.6 Å². The van der Waals surface area contributed by atoms with E-state index in [1.807, 2.05) is 0 Å². The normalized spacial score (nSPS) is 14.4. The second-order valence-electron chi connectivity index (χ2n) is 5.96. The van der Waals surface area contributed by atoms with E-state index in [-0.39, 0.29) is 43.9 Å². The van der Waals surface area contributed by atoms with Gasteiger partial charge >= 0.3 is 6.18 Å². The van der Waals surface area contributed by atoms with Gasteiger partial charge in [-0.15, -0.1) is 10.2 Å². The first-order chi connectivity index (χ1) is 12.7. The highest BCUT2D eigenvalue weighted by molar-refractivity contribution is 5.77. The summed E-state index contributed by atoms with van der Waals surface area (Å²) in [6.45, 7) is -0.184. The van der Waals surface area contributed by atoms with Crippen molar-refractivity contribution in [3.63, 3.8) is 0 Å². The predicted octanol–water partition coefficient (Wildman–Crippen LogP) is 2.89. The summed E-state index contributed by atoms with van der Waals surface area (Å²) in [5.41, 5.74) is -0.102. The number of rotatable bonds is 4. The average molecular weight is 391 g/mol. The first-order valence-corrected chi connectivity index (χ1v) is 7.89. The number of carbonyl (C=O) groups is 1. The fourth-order valence-electron chi connectivity index (χ4n) is 2.78. The van der Waals surface area contributed by atoms with Crippen molar-refractivity contribution in [3.8, 4) is 0 Å². The highest BCUT2D eigenvalue weighted by Crippen LogP contribution is 2.29. The maximum absolute atomic E-state index is 13.5. The zero-order chi connectivity index (χ0) is 19.8.